The summed E-state index contributed by atoms with van der Waals surface area (Å²) in [5.74, 6) is -1.78. The number of carbonyl (C=O) groups is 1. The second-order valence-corrected chi connectivity index (χ2v) is 9.96. The molecule has 1 unspecified atom stereocenters. The van der Waals surface area contributed by atoms with E-state index in [0.29, 0.717) is 4.34 Å². The Morgan fingerprint density at radius 3 is 2.55 bits per heavy atom. The minimum Gasteiger partial charge on any atom is -0.386 e. The Morgan fingerprint density at radius 1 is 1.16 bits per heavy atom. The summed E-state index contributed by atoms with van der Waals surface area (Å²) in [6, 6.07) is 10.9. The maximum absolute atomic E-state index is 14.3. The number of anilines is 1. The van der Waals surface area contributed by atoms with Crippen LogP contribution in [0, 0.1) is 5.82 Å². The molecule has 1 amide bonds. The molecule has 0 aliphatic heterocycles. The average Bonchev–Trinajstić information content (AvgIpc) is 3.51. The molecule has 3 aromatic heterocycles. The van der Waals surface area contributed by atoms with Crippen molar-refractivity contribution < 1.29 is 13.7 Å². The van der Waals surface area contributed by atoms with Gasteiger partial charge in [-0.25, -0.2) is 18.5 Å². The van der Waals surface area contributed by atoms with Crippen LogP contribution in [0.1, 0.15) is 27.1 Å². The van der Waals surface area contributed by atoms with Crippen LogP contribution in [-0.4, -0.2) is 32.6 Å². The third kappa shape index (κ3) is 4.88. The minimum atomic E-state index is -0.763. The number of aromatic nitrogens is 4. The average molecular weight is 557 g/mol. The van der Waals surface area contributed by atoms with Crippen molar-refractivity contribution in [2.24, 2.45) is 0 Å². The smallest absolute Gasteiger partial charge is 0.386 e. The summed E-state index contributed by atoms with van der Waals surface area (Å²) in [6.45, 7) is 0. The van der Waals surface area contributed by atoms with Gasteiger partial charge in [-0.1, -0.05) is 16.8 Å². The van der Waals surface area contributed by atoms with Crippen LogP contribution >= 0.6 is 22.9 Å². The Morgan fingerprint density at radius 2 is 1.92 bits per heavy atom. The lowest BCUT2D eigenvalue weighted by molar-refractivity contribution is 0.0934. The third-order valence-corrected chi connectivity index (χ3v) is 7.02. The van der Waals surface area contributed by atoms with Crippen LogP contribution in [0.3, 0.4) is 0 Å². The van der Waals surface area contributed by atoms with Crippen LogP contribution in [0.2, 0.25) is 4.34 Å². The lowest BCUT2D eigenvalue weighted by Gasteiger charge is -2.15. The molecule has 3 heterocycles. The third-order valence-electron chi connectivity index (χ3n) is 5.77. The molecule has 11 nitrogen and oxygen atoms in total. The first-order chi connectivity index (χ1) is 18.2. The van der Waals surface area contributed by atoms with Gasteiger partial charge in [-0.3, -0.25) is 19.1 Å². The molecule has 5 rings (SSSR count). The SMILES string of the molecule is CNc1cc2[nH]c(=O)n(-c3ccc(C(=O)NC(Cc4ccc(Cl)s4)c4noc(=O)[nH]4)cc3)c(=O)c2cc1F. The van der Waals surface area contributed by atoms with Crippen LogP contribution in [0.15, 0.2) is 67.4 Å². The minimum absolute atomic E-state index is 0.0129. The summed E-state index contributed by atoms with van der Waals surface area (Å²) in [7, 11) is 1.52. The predicted octanol–water partition coefficient (Wildman–Crippen LogP) is 2.96. The van der Waals surface area contributed by atoms with Crippen LogP contribution in [0.5, 0.6) is 0 Å². The molecule has 5 aromatic rings. The van der Waals surface area contributed by atoms with E-state index in [9.17, 15) is 23.6 Å². The van der Waals surface area contributed by atoms with Crippen molar-refractivity contribution in [1.82, 2.24) is 25.0 Å². The van der Waals surface area contributed by atoms with Crippen LogP contribution < -0.4 is 27.6 Å². The van der Waals surface area contributed by atoms with E-state index in [1.165, 1.54) is 48.7 Å². The molecule has 194 valence electrons. The molecule has 4 N–H and O–H groups in total. The zero-order valence-electron chi connectivity index (χ0n) is 19.5. The first-order valence-electron chi connectivity index (χ1n) is 11.1. The molecule has 0 aliphatic carbocycles. The van der Waals surface area contributed by atoms with Gasteiger partial charge in [0.1, 0.15) is 5.82 Å². The van der Waals surface area contributed by atoms with Gasteiger partial charge in [0.15, 0.2) is 5.82 Å². The topological polar surface area (TPSA) is 155 Å². The molecule has 0 spiro atoms. The van der Waals surface area contributed by atoms with Gasteiger partial charge in [-0.15, -0.1) is 11.3 Å². The molecular formula is C24H18ClFN6O5S. The fourth-order valence-electron chi connectivity index (χ4n) is 3.94. The Balaban J connectivity index is 1.43. The second kappa shape index (κ2) is 10.1. The summed E-state index contributed by atoms with van der Waals surface area (Å²) in [5.41, 5.74) is -0.731. The Kier molecular flexibility index (Phi) is 6.70. The van der Waals surface area contributed by atoms with Crippen LogP contribution in [-0.2, 0) is 6.42 Å². The van der Waals surface area contributed by atoms with Gasteiger partial charge in [-0.05, 0) is 48.5 Å². The predicted molar refractivity (Wildman–Crippen MR) is 140 cm³/mol. The van der Waals surface area contributed by atoms with Crippen molar-refractivity contribution in [1.29, 1.82) is 0 Å². The summed E-state index contributed by atoms with van der Waals surface area (Å²) >= 11 is 7.32. The molecule has 38 heavy (non-hydrogen) atoms. The van der Waals surface area contributed by atoms with Gasteiger partial charge >= 0.3 is 11.4 Å². The highest BCUT2D eigenvalue weighted by molar-refractivity contribution is 7.16. The number of benzene rings is 2. The van der Waals surface area contributed by atoms with E-state index in [4.69, 9.17) is 11.6 Å². The highest BCUT2D eigenvalue weighted by Gasteiger charge is 2.22. The van der Waals surface area contributed by atoms with Crippen molar-refractivity contribution in [3.8, 4) is 5.69 Å². The molecule has 0 aliphatic rings. The highest BCUT2D eigenvalue weighted by Crippen LogP contribution is 2.26. The number of rotatable bonds is 7. The van der Waals surface area contributed by atoms with Crippen molar-refractivity contribution in [2.75, 3.05) is 12.4 Å². The number of thiophene rings is 1. The standard InChI is InChI=1S/C24H18ClFN6O5S/c1-27-17-10-16-14(9-15(17)26)22(34)32(23(35)29-16)12-4-2-11(3-5-12)21(33)28-18(20-30-24(36)37-31-20)8-13-6-7-19(25)38-13/h2-7,9-10,18,27H,8H2,1H3,(H,28,33)(H,29,35)(H,30,31,36). The maximum atomic E-state index is 14.3. The lowest BCUT2D eigenvalue weighted by Crippen LogP contribution is -2.34. The van der Waals surface area contributed by atoms with E-state index in [1.807, 2.05) is 0 Å². The van der Waals surface area contributed by atoms with E-state index in [-0.39, 0.29) is 40.1 Å². The molecule has 14 heteroatoms. The number of amides is 1. The van der Waals surface area contributed by atoms with E-state index in [1.54, 1.807) is 12.1 Å². The fraction of sp³-hybridized carbons (Fsp3) is 0.125. The highest BCUT2D eigenvalue weighted by atomic mass is 35.5. The van der Waals surface area contributed by atoms with Gasteiger partial charge in [0.2, 0.25) is 0 Å². The first-order valence-corrected chi connectivity index (χ1v) is 12.3. The number of H-pyrrole nitrogens is 2. The molecule has 0 fully saturated rings. The van der Waals surface area contributed by atoms with Gasteiger partial charge in [0.05, 0.1) is 32.7 Å². The first kappa shape index (κ1) is 25.2. The van der Waals surface area contributed by atoms with Gasteiger partial charge < -0.3 is 15.6 Å². The van der Waals surface area contributed by atoms with Crippen molar-refractivity contribution >= 4 is 45.4 Å². The number of halogens is 2. The van der Waals surface area contributed by atoms with Crippen molar-refractivity contribution in [2.45, 2.75) is 12.5 Å². The quantitative estimate of drug-likeness (QED) is 0.240. The van der Waals surface area contributed by atoms with E-state index < -0.39 is 34.8 Å². The fourth-order valence-corrected chi connectivity index (χ4v) is 5.07. The molecule has 0 bridgehead atoms. The van der Waals surface area contributed by atoms with Gasteiger partial charge in [0, 0.05) is 23.9 Å². The summed E-state index contributed by atoms with van der Waals surface area (Å²) in [6.07, 6.45) is 0.289. The van der Waals surface area contributed by atoms with Crippen molar-refractivity contribution in [3.63, 3.8) is 0 Å². The Labute approximate surface area is 220 Å². The number of hydrogen-bond acceptors (Lipinski definition) is 8. The number of fused-ring (bicyclic) bond motifs is 1. The second-order valence-electron chi connectivity index (χ2n) is 8.16. The number of nitrogens with zero attached hydrogens (tertiary/aromatic N) is 2. The number of nitrogens with one attached hydrogen (secondary N) is 4. The van der Waals surface area contributed by atoms with Gasteiger partial charge in [0.25, 0.3) is 11.5 Å². The summed E-state index contributed by atoms with van der Waals surface area (Å²) in [4.78, 5) is 56.1. The molecule has 2 aromatic carbocycles. The summed E-state index contributed by atoms with van der Waals surface area (Å²) < 4.78 is 20.3. The van der Waals surface area contributed by atoms with Crippen molar-refractivity contribution in [3.05, 3.63) is 106 Å². The monoisotopic (exact) mass is 556 g/mol. The zero-order valence-corrected chi connectivity index (χ0v) is 21.1. The van der Waals surface area contributed by atoms with E-state index in [2.05, 4.69) is 30.3 Å². The molecule has 0 saturated carbocycles. The number of carbonyl (C=O) groups excluding carboxylic acids is 1. The van der Waals surface area contributed by atoms with Gasteiger partial charge in [-0.2, -0.15) is 0 Å². The molecule has 1 atom stereocenters. The Bertz CT molecular complexity index is 1840. The Hall–Kier alpha value is -4.49. The number of aromatic amines is 2. The zero-order chi connectivity index (χ0) is 27.0. The number of hydrogen-bond donors (Lipinski definition) is 4. The largest absolute Gasteiger partial charge is 0.438 e. The lowest BCUT2D eigenvalue weighted by atomic mass is 10.1. The normalized spacial score (nSPS) is 12.0. The van der Waals surface area contributed by atoms with Crippen LogP contribution in [0.25, 0.3) is 16.6 Å². The van der Waals surface area contributed by atoms with Crippen LogP contribution in [0.4, 0.5) is 10.1 Å². The maximum Gasteiger partial charge on any atom is 0.438 e. The molecular weight excluding hydrogens is 539 g/mol. The van der Waals surface area contributed by atoms with E-state index >= 15 is 0 Å². The molecule has 0 radical (unpaired) electrons. The summed E-state index contributed by atoms with van der Waals surface area (Å²) in [5, 5.41) is 9.12. The van der Waals surface area contributed by atoms with E-state index in [0.717, 1.165) is 15.5 Å². The molecule has 0 saturated heterocycles.